The van der Waals surface area contributed by atoms with E-state index < -0.39 is 0 Å². The van der Waals surface area contributed by atoms with Gasteiger partial charge in [0.05, 0.1) is 18.3 Å². The summed E-state index contributed by atoms with van der Waals surface area (Å²) in [6.07, 6.45) is 1.83. The number of pyridine rings is 1. The van der Waals surface area contributed by atoms with Gasteiger partial charge in [0.2, 0.25) is 0 Å². The molecule has 0 aliphatic heterocycles. The molecule has 0 radical (unpaired) electrons. The molecule has 0 amide bonds. The second kappa shape index (κ2) is 7.67. The highest BCUT2D eigenvalue weighted by atomic mass is 16.5. The molecule has 2 aromatic rings. The number of hydrogen-bond acceptors (Lipinski definition) is 3. The number of nitrogens with one attached hydrogen (secondary N) is 1. The van der Waals surface area contributed by atoms with Crippen LogP contribution in [0, 0.1) is 0 Å². The van der Waals surface area contributed by atoms with Crippen molar-refractivity contribution >= 4 is 0 Å². The first-order valence-corrected chi connectivity index (χ1v) is 6.69. The Morgan fingerprint density at radius 2 is 1.89 bits per heavy atom. The normalized spacial score (nSPS) is 12.3. The quantitative estimate of drug-likeness (QED) is 0.773. The van der Waals surface area contributed by atoms with Crippen molar-refractivity contribution in [2.24, 2.45) is 0 Å². The Balaban J connectivity index is 2.10. The van der Waals surface area contributed by atoms with Crippen molar-refractivity contribution < 1.29 is 4.74 Å². The SMILES string of the molecule is CCOCCNC(c1ccccc1)c1ccccn1. The van der Waals surface area contributed by atoms with Gasteiger partial charge < -0.3 is 10.1 Å². The van der Waals surface area contributed by atoms with Gasteiger partial charge in [-0.2, -0.15) is 0 Å². The standard InChI is InChI=1S/C16H20N2O/c1-2-19-13-12-18-16(14-8-4-3-5-9-14)15-10-6-7-11-17-15/h3-11,16,18H,2,12-13H2,1H3. The van der Waals surface area contributed by atoms with E-state index in [1.54, 1.807) is 0 Å². The minimum atomic E-state index is 0.114. The Kier molecular flexibility index (Phi) is 5.53. The van der Waals surface area contributed by atoms with Crippen LogP contribution in [0.1, 0.15) is 24.2 Å². The van der Waals surface area contributed by atoms with Crippen LogP contribution in [0.3, 0.4) is 0 Å². The van der Waals surface area contributed by atoms with Crippen LogP contribution in [-0.4, -0.2) is 24.7 Å². The molecule has 19 heavy (non-hydrogen) atoms. The molecule has 3 heteroatoms. The minimum absolute atomic E-state index is 0.114. The monoisotopic (exact) mass is 256 g/mol. The molecule has 1 aromatic carbocycles. The highest BCUT2D eigenvalue weighted by molar-refractivity contribution is 5.27. The topological polar surface area (TPSA) is 34.1 Å². The largest absolute Gasteiger partial charge is 0.380 e. The zero-order chi connectivity index (χ0) is 13.3. The first-order chi connectivity index (χ1) is 9.42. The number of aromatic nitrogens is 1. The lowest BCUT2D eigenvalue weighted by Gasteiger charge is -2.18. The van der Waals surface area contributed by atoms with E-state index in [4.69, 9.17) is 4.74 Å². The molecule has 2 rings (SSSR count). The van der Waals surface area contributed by atoms with Gasteiger partial charge in [-0.3, -0.25) is 4.98 Å². The van der Waals surface area contributed by atoms with Gasteiger partial charge in [-0.25, -0.2) is 0 Å². The van der Waals surface area contributed by atoms with Crippen LogP contribution >= 0.6 is 0 Å². The molecular weight excluding hydrogens is 236 g/mol. The molecular formula is C16H20N2O. The van der Waals surface area contributed by atoms with Crippen molar-refractivity contribution in [2.45, 2.75) is 13.0 Å². The van der Waals surface area contributed by atoms with Crippen LogP contribution < -0.4 is 5.32 Å². The summed E-state index contributed by atoms with van der Waals surface area (Å²) in [7, 11) is 0. The Labute approximate surface area is 114 Å². The van der Waals surface area contributed by atoms with Gasteiger partial charge in [-0.05, 0) is 24.6 Å². The molecule has 1 atom stereocenters. The molecule has 100 valence electrons. The smallest absolute Gasteiger partial charge is 0.0752 e. The van der Waals surface area contributed by atoms with E-state index in [-0.39, 0.29) is 6.04 Å². The summed E-state index contributed by atoms with van der Waals surface area (Å²) in [5.74, 6) is 0. The molecule has 0 saturated heterocycles. The first-order valence-electron chi connectivity index (χ1n) is 6.69. The van der Waals surface area contributed by atoms with Crippen LogP contribution in [0.5, 0.6) is 0 Å². The molecule has 1 unspecified atom stereocenters. The molecule has 0 spiro atoms. The van der Waals surface area contributed by atoms with E-state index >= 15 is 0 Å². The summed E-state index contributed by atoms with van der Waals surface area (Å²) in [4.78, 5) is 4.45. The summed E-state index contributed by atoms with van der Waals surface area (Å²) < 4.78 is 5.37. The predicted molar refractivity (Wildman–Crippen MR) is 77.0 cm³/mol. The Hall–Kier alpha value is -1.71. The van der Waals surface area contributed by atoms with Gasteiger partial charge >= 0.3 is 0 Å². The molecule has 0 bridgehead atoms. The van der Waals surface area contributed by atoms with Crippen molar-refractivity contribution in [3.63, 3.8) is 0 Å². The molecule has 1 aromatic heterocycles. The zero-order valence-electron chi connectivity index (χ0n) is 11.3. The number of nitrogens with zero attached hydrogens (tertiary/aromatic N) is 1. The fourth-order valence-electron chi connectivity index (χ4n) is 2.01. The molecule has 1 N–H and O–H groups in total. The lowest BCUT2D eigenvalue weighted by Crippen LogP contribution is -2.26. The Morgan fingerprint density at radius 3 is 2.58 bits per heavy atom. The van der Waals surface area contributed by atoms with Crippen molar-refractivity contribution in [2.75, 3.05) is 19.8 Å². The number of benzene rings is 1. The third-order valence-corrected chi connectivity index (χ3v) is 2.92. The van der Waals surface area contributed by atoms with Gasteiger partial charge in [0.15, 0.2) is 0 Å². The minimum Gasteiger partial charge on any atom is -0.380 e. The van der Waals surface area contributed by atoms with Crippen LogP contribution in [-0.2, 0) is 4.74 Å². The van der Waals surface area contributed by atoms with E-state index in [1.807, 2.05) is 37.4 Å². The summed E-state index contributed by atoms with van der Waals surface area (Å²) in [5, 5.41) is 3.50. The summed E-state index contributed by atoms with van der Waals surface area (Å²) in [6.45, 7) is 4.28. The molecule has 0 aliphatic rings. The molecule has 0 aliphatic carbocycles. The van der Waals surface area contributed by atoms with E-state index in [0.29, 0.717) is 6.61 Å². The van der Waals surface area contributed by atoms with Crippen LogP contribution in [0.15, 0.2) is 54.7 Å². The number of hydrogen-bond donors (Lipinski definition) is 1. The molecule has 0 saturated carbocycles. The van der Waals surface area contributed by atoms with Gasteiger partial charge in [-0.1, -0.05) is 36.4 Å². The summed E-state index contributed by atoms with van der Waals surface area (Å²) in [6, 6.07) is 16.5. The maximum atomic E-state index is 5.37. The average molecular weight is 256 g/mol. The van der Waals surface area contributed by atoms with Crippen molar-refractivity contribution in [1.29, 1.82) is 0 Å². The van der Waals surface area contributed by atoms with Gasteiger partial charge in [0.25, 0.3) is 0 Å². The van der Waals surface area contributed by atoms with Crippen LogP contribution in [0.25, 0.3) is 0 Å². The van der Waals surface area contributed by atoms with Crippen molar-refractivity contribution in [1.82, 2.24) is 10.3 Å². The third kappa shape index (κ3) is 4.16. The summed E-state index contributed by atoms with van der Waals surface area (Å²) in [5.41, 5.74) is 2.25. The van der Waals surface area contributed by atoms with Crippen LogP contribution in [0.2, 0.25) is 0 Å². The maximum Gasteiger partial charge on any atom is 0.0752 e. The summed E-state index contributed by atoms with van der Waals surface area (Å²) >= 11 is 0. The highest BCUT2D eigenvalue weighted by Crippen LogP contribution is 2.19. The average Bonchev–Trinajstić information content (AvgIpc) is 2.49. The maximum absolute atomic E-state index is 5.37. The fourth-order valence-corrected chi connectivity index (χ4v) is 2.01. The third-order valence-electron chi connectivity index (χ3n) is 2.92. The van der Waals surface area contributed by atoms with Gasteiger partial charge in [-0.15, -0.1) is 0 Å². The van der Waals surface area contributed by atoms with Gasteiger partial charge in [0, 0.05) is 19.3 Å². The van der Waals surface area contributed by atoms with Gasteiger partial charge in [0.1, 0.15) is 0 Å². The molecule has 0 fully saturated rings. The van der Waals surface area contributed by atoms with Crippen molar-refractivity contribution in [3.8, 4) is 0 Å². The second-order valence-corrected chi connectivity index (χ2v) is 4.25. The molecule has 3 nitrogen and oxygen atoms in total. The Bertz CT molecular complexity index is 419. The van der Waals surface area contributed by atoms with E-state index in [2.05, 4.69) is 34.6 Å². The first kappa shape index (κ1) is 13.7. The number of rotatable bonds is 7. The van der Waals surface area contributed by atoms with E-state index in [1.165, 1.54) is 5.56 Å². The van der Waals surface area contributed by atoms with E-state index in [0.717, 1.165) is 18.8 Å². The zero-order valence-corrected chi connectivity index (χ0v) is 11.3. The van der Waals surface area contributed by atoms with E-state index in [9.17, 15) is 0 Å². The molecule has 1 heterocycles. The lowest BCUT2D eigenvalue weighted by atomic mass is 10.0. The fraction of sp³-hybridized carbons (Fsp3) is 0.312. The number of ether oxygens (including phenoxy) is 1. The Morgan fingerprint density at radius 1 is 1.11 bits per heavy atom. The highest BCUT2D eigenvalue weighted by Gasteiger charge is 2.13. The second-order valence-electron chi connectivity index (χ2n) is 4.25. The van der Waals surface area contributed by atoms with Crippen LogP contribution in [0.4, 0.5) is 0 Å². The predicted octanol–water partition coefficient (Wildman–Crippen LogP) is 2.80. The van der Waals surface area contributed by atoms with Crippen molar-refractivity contribution in [3.05, 3.63) is 66.0 Å². The lowest BCUT2D eigenvalue weighted by molar-refractivity contribution is 0.147.